The van der Waals surface area contributed by atoms with E-state index in [1.807, 2.05) is 0 Å². The number of ether oxygens (including phenoxy) is 1. The smallest absolute Gasteiger partial charge is 0.308 e. The summed E-state index contributed by atoms with van der Waals surface area (Å²) < 4.78 is 18.8. The van der Waals surface area contributed by atoms with Gasteiger partial charge in [-0.05, 0) is 30.6 Å². The Hall–Kier alpha value is -1.78. The largest absolute Gasteiger partial charge is 0.423 e. The maximum atomic E-state index is 14.0. The molecule has 0 radical (unpaired) electrons. The van der Waals surface area contributed by atoms with E-state index in [4.69, 9.17) is 10.5 Å². The molecule has 2 unspecified atom stereocenters. The summed E-state index contributed by atoms with van der Waals surface area (Å²) in [6.45, 7) is 7.98. The molecule has 1 fully saturated rings. The van der Waals surface area contributed by atoms with Gasteiger partial charge in [0.1, 0.15) is 0 Å². The molecule has 4 nitrogen and oxygen atoms in total. The molecule has 122 valence electrons. The molecular formula is C17H25FN2O2. The molecule has 3 N–H and O–H groups in total. The number of anilines is 2. The third-order valence-corrected chi connectivity index (χ3v) is 4.10. The van der Waals surface area contributed by atoms with E-state index in [0.717, 1.165) is 12.8 Å². The minimum absolute atomic E-state index is 0.132. The molecule has 0 saturated heterocycles. The molecule has 1 saturated carbocycles. The Labute approximate surface area is 131 Å². The van der Waals surface area contributed by atoms with Crippen molar-refractivity contribution in [3.63, 3.8) is 0 Å². The van der Waals surface area contributed by atoms with Crippen LogP contribution in [-0.2, 0) is 4.79 Å². The van der Waals surface area contributed by atoms with E-state index in [0.29, 0.717) is 17.3 Å². The molecule has 0 spiro atoms. The number of hydrogen-bond donors (Lipinski definition) is 2. The quantitative estimate of drug-likeness (QED) is 0.504. The van der Waals surface area contributed by atoms with Gasteiger partial charge < -0.3 is 15.8 Å². The van der Waals surface area contributed by atoms with E-state index >= 15 is 0 Å². The van der Waals surface area contributed by atoms with Crippen molar-refractivity contribution in [1.29, 1.82) is 0 Å². The van der Waals surface area contributed by atoms with Crippen molar-refractivity contribution in [2.45, 2.75) is 53.0 Å². The molecule has 2 atom stereocenters. The first kappa shape index (κ1) is 16.6. The Kier molecular flexibility index (Phi) is 4.63. The molecule has 0 aliphatic heterocycles. The van der Waals surface area contributed by atoms with Crippen LogP contribution in [0.5, 0.6) is 5.75 Å². The highest BCUT2D eigenvalue weighted by atomic mass is 19.1. The first-order chi connectivity index (χ1) is 10.2. The van der Waals surface area contributed by atoms with Gasteiger partial charge in [-0.15, -0.1) is 0 Å². The van der Waals surface area contributed by atoms with E-state index in [1.54, 1.807) is 0 Å². The van der Waals surface area contributed by atoms with Crippen molar-refractivity contribution in [3.8, 4) is 5.75 Å². The van der Waals surface area contributed by atoms with E-state index in [9.17, 15) is 9.18 Å². The van der Waals surface area contributed by atoms with Gasteiger partial charge in [-0.1, -0.05) is 20.8 Å². The van der Waals surface area contributed by atoms with E-state index in [-0.39, 0.29) is 17.2 Å². The Morgan fingerprint density at radius 1 is 1.41 bits per heavy atom. The second-order valence-corrected chi connectivity index (χ2v) is 7.22. The van der Waals surface area contributed by atoms with Gasteiger partial charge in [0.2, 0.25) is 0 Å². The first-order valence-electron chi connectivity index (χ1n) is 7.70. The SMILES string of the molecule is CC(=O)Oc1cc(N)c(NC2CC(C)CC(C)(C)C2)cc1F. The number of esters is 1. The molecule has 0 aromatic heterocycles. The predicted molar refractivity (Wildman–Crippen MR) is 86.3 cm³/mol. The number of nitrogen functional groups attached to an aromatic ring is 1. The van der Waals surface area contributed by atoms with Crippen molar-refractivity contribution in [3.05, 3.63) is 17.9 Å². The van der Waals surface area contributed by atoms with Gasteiger partial charge in [-0.3, -0.25) is 4.79 Å². The summed E-state index contributed by atoms with van der Waals surface area (Å²) >= 11 is 0. The molecule has 0 bridgehead atoms. The van der Waals surface area contributed by atoms with Crippen LogP contribution in [0.2, 0.25) is 0 Å². The summed E-state index contributed by atoms with van der Waals surface area (Å²) in [6.07, 6.45) is 3.25. The van der Waals surface area contributed by atoms with Crippen LogP contribution in [0.25, 0.3) is 0 Å². The molecule has 0 heterocycles. The Bertz CT molecular complexity index is 572. The normalized spacial score (nSPS) is 23.9. The third-order valence-electron chi connectivity index (χ3n) is 4.10. The standard InChI is InChI=1S/C17H25FN2O2/c1-10-5-12(9-17(3,4)8-10)20-15-6-13(18)16(7-14(15)19)22-11(2)21/h6-7,10,12,20H,5,8-9,19H2,1-4H3. The third kappa shape index (κ3) is 4.12. The van der Waals surface area contributed by atoms with Crippen molar-refractivity contribution in [2.75, 3.05) is 11.1 Å². The molecule has 2 rings (SSSR count). The number of hydrogen-bond acceptors (Lipinski definition) is 4. The van der Waals surface area contributed by atoms with Gasteiger partial charge in [0, 0.05) is 25.1 Å². The maximum Gasteiger partial charge on any atom is 0.308 e. The van der Waals surface area contributed by atoms with Crippen LogP contribution in [0.3, 0.4) is 0 Å². The fraction of sp³-hybridized carbons (Fsp3) is 0.588. The summed E-state index contributed by atoms with van der Waals surface area (Å²) in [4.78, 5) is 10.9. The second-order valence-electron chi connectivity index (χ2n) is 7.22. The maximum absolute atomic E-state index is 14.0. The molecule has 1 aromatic carbocycles. The van der Waals surface area contributed by atoms with Crippen LogP contribution in [0.1, 0.15) is 47.0 Å². The molecule has 5 heteroatoms. The Morgan fingerprint density at radius 3 is 2.68 bits per heavy atom. The number of nitrogens with one attached hydrogen (secondary N) is 1. The minimum atomic E-state index is -0.588. The predicted octanol–water partition coefficient (Wildman–Crippen LogP) is 3.96. The molecule has 22 heavy (non-hydrogen) atoms. The van der Waals surface area contributed by atoms with E-state index in [2.05, 4.69) is 26.1 Å². The molecular weight excluding hydrogens is 283 g/mol. The first-order valence-corrected chi connectivity index (χ1v) is 7.70. The van der Waals surface area contributed by atoms with E-state index < -0.39 is 11.8 Å². The zero-order chi connectivity index (χ0) is 16.5. The summed E-state index contributed by atoms with van der Waals surface area (Å²) in [7, 11) is 0. The lowest BCUT2D eigenvalue weighted by molar-refractivity contribution is -0.132. The Morgan fingerprint density at radius 2 is 2.09 bits per heavy atom. The lowest BCUT2D eigenvalue weighted by Gasteiger charge is -2.39. The van der Waals surface area contributed by atoms with Gasteiger partial charge >= 0.3 is 5.97 Å². The molecule has 1 aliphatic carbocycles. The fourth-order valence-corrected chi connectivity index (χ4v) is 3.60. The van der Waals surface area contributed by atoms with Crippen LogP contribution in [0, 0.1) is 17.2 Å². The van der Waals surface area contributed by atoms with Gasteiger partial charge in [0.05, 0.1) is 11.4 Å². The highest BCUT2D eigenvalue weighted by molar-refractivity contribution is 5.73. The lowest BCUT2D eigenvalue weighted by Crippen LogP contribution is -2.35. The molecule has 1 aliphatic rings. The van der Waals surface area contributed by atoms with Gasteiger partial charge in [0.25, 0.3) is 0 Å². The minimum Gasteiger partial charge on any atom is -0.423 e. The zero-order valence-corrected chi connectivity index (χ0v) is 13.7. The number of carbonyl (C=O) groups is 1. The van der Waals surface area contributed by atoms with Crippen molar-refractivity contribution in [1.82, 2.24) is 0 Å². The lowest BCUT2D eigenvalue weighted by atomic mass is 9.70. The number of rotatable bonds is 3. The van der Waals surface area contributed by atoms with Gasteiger partial charge in [0.15, 0.2) is 11.6 Å². The van der Waals surface area contributed by atoms with Crippen molar-refractivity contribution in [2.24, 2.45) is 11.3 Å². The number of nitrogens with two attached hydrogens (primary N) is 1. The summed E-state index contributed by atoms with van der Waals surface area (Å²) in [6, 6.07) is 2.93. The van der Waals surface area contributed by atoms with Crippen LogP contribution in [-0.4, -0.2) is 12.0 Å². The zero-order valence-electron chi connectivity index (χ0n) is 13.7. The average Bonchev–Trinajstić information content (AvgIpc) is 2.32. The van der Waals surface area contributed by atoms with Crippen molar-refractivity contribution >= 4 is 17.3 Å². The molecule has 0 amide bonds. The van der Waals surface area contributed by atoms with Gasteiger partial charge in [-0.25, -0.2) is 4.39 Å². The monoisotopic (exact) mass is 308 g/mol. The van der Waals surface area contributed by atoms with Crippen LogP contribution in [0.4, 0.5) is 15.8 Å². The van der Waals surface area contributed by atoms with Crippen molar-refractivity contribution < 1.29 is 13.9 Å². The topological polar surface area (TPSA) is 64.3 Å². The average molecular weight is 308 g/mol. The van der Waals surface area contributed by atoms with E-state index in [1.165, 1.54) is 25.5 Å². The molecule has 1 aromatic rings. The second kappa shape index (κ2) is 6.15. The summed E-state index contributed by atoms with van der Waals surface area (Å²) in [5, 5.41) is 3.35. The van der Waals surface area contributed by atoms with Crippen LogP contribution in [0.15, 0.2) is 12.1 Å². The summed E-state index contributed by atoms with van der Waals surface area (Å²) in [5.74, 6) is -0.669. The van der Waals surface area contributed by atoms with Crippen LogP contribution >= 0.6 is 0 Å². The van der Waals surface area contributed by atoms with Gasteiger partial charge in [-0.2, -0.15) is 0 Å². The number of carbonyl (C=O) groups excluding carboxylic acids is 1. The summed E-state index contributed by atoms with van der Waals surface area (Å²) in [5.41, 5.74) is 7.17. The highest BCUT2D eigenvalue weighted by Gasteiger charge is 2.32. The Balaban J connectivity index is 2.16. The van der Waals surface area contributed by atoms with Crippen LogP contribution < -0.4 is 15.8 Å². The number of halogens is 1. The number of benzene rings is 1. The fourth-order valence-electron chi connectivity index (χ4n) is 3.60. The highest BCUT2D eigenvalue weighted by Crippen LogP contribution is 2.40.